The minimum Gasteiger partial charge on any atom is -0.388 e. The second-order valence-corrected chi connectivity index (χ2v) is 6.24. The van der Waals surface area contributed by atoms with E-state index in [2.05, 4.69) is 10.5 Å². The molecule has 2 heterocycles. The summed E-state index contributed by atoms with van der Waals surface area (Å²) >= 11 is 0. The number of hydrogen-bond donors (Lipinski definition) is 2. The van der Waals surface area contributed by atoms with Crippen LogP contribution in [0.15, 0.2) is 40.9 Å². The maximum absolute atomic E-state index is 12.4. The predicted octanol–water partition coefficient (Wildman–Crippen LogP) is 2.78. The number of amides is 2. The van der Waals surface area contributed by atoms with Gasteiger partial charge in [-0.15, -0.1) is 0 Å². The smallest absolute Gasteiger partial charge is 0.317 e. The number of carbonyl (C=O) groups excluding carboxylic acids is 1. The molecule has 0 aliphatic carbocycles. The molecule has 1 saturated heterocycles. The first-order chi connectivity index (χ1) is 11.6. The highest BCUT2D eigenvalue weighted by Gasteiger charge is 2.30. The van der Waals surface area contributed by atoms with Crippen molar-refractivity contribution in [2.24, 2.45) is 0 Å². The van der Waals surface area contributed by atoms with Gasteiger partial charge in [-0.05, 0) is 31.7 Å². The predicted molar refractivity (Wildman–Crippen MR) is 89.2 cm³/mol. The van der Waals surface area contributed by atoms with Gasteiger partial charge in [-0.1, -0.05) is 35.5 Å². The van der Waals surface area contributed by atoms with Crippen molar-refractivity contribution in [3.8, 4) is 0 Å². The molecular weight excluding hydrogens is 306 g/mol. The molecule has 0 saturated carbocycles. The molecule has 128 valence electrons. The molecule has 1 aromatic heterocycles. The number of nitrogens with zero attached hydrogens (tertiary/aromatic N) is 2. The van der Waals surface area contributed by atoms with E-state index in [4.69, 9.17) is 4.52 Å². The fourth-order valence-electron chi connectivity index (χ4n) is 3.19. The Bertz CT molecular complexity index is 671. The van der Waals surface area contributed by atoms with Crippen LogP contribution in [0.3, 0.4) is 0 Å². The maximum atomic E-state index is 12.4. The van der Waals surface area contributed by atoms with Gasteiger partial charge in [0.2, 0.25) is 0 Å². The highest BCUT2D eigenvalue weighted by molar-refractivity contribution is 5.74. The molecule has 1 fully saturated rings. The van der Waals surface area contributed by atoms with Gasteiger partial charge < -0.3 is 19.8 Å². The van der Waals surface area contributed by atoms with Gasteiger partial charge in [-0.3, -0.25) is 0 Å². The molecule has 2 amide bonds. The molecule has 6 nitrogen and oxygen atoms in total. The van der Waals surface area contributed by atoms with Gasteiger partial charge in [-0.2, -0.15) is 0 Å². The van der Waals surface area contributed by atoms with Crippen LogP contribution in [-0.4, -0.2) is 33.8 Å². The Kier molecular flexibility index (Phi) is 5.15. The van der Waals surface area contributed by atoms with E-state index in [0.29, 0.717) is 18.7 Å². The van der Waals surface area contributed by atoms with E-state index in [1.807, 2.05) is 42.2 Å². The van der Waals surface area contributed by atoms with E-state index in [-0.39, 0.29) is 12.1 Å². The summed E-state index contributed by atoms with van der Waals surface area (Å²) in [6.07, 6.45) is 1.88. The zero-order chi connectivity index (χ0) is 16.9. The van der Waals surface area contributed by atoms with Crippen LogP contribution in [0.1, 0.15) is 42.4 Å². The molecule has 1 aromatic carbocycles. The normalized spacial score (nSPS) is 18.6. The molecule has 24 heavy (non-hydrogen) atoms. The van der Waals surface area contributed by atoms with E-state index in [0.717, 1.165) is 30.7 Å². The Hall–Kier alpha value is -2.34. The first kappa shape index (κ1) is 16.5. The van der Waals surface area contributed by atoms with Crippen LogP contribution in [0.5, 0.6) is 0 Å². The van der Waals surface area contributed by atoms with Crippen LogP contribution in [0.4, 0.5) is 4.79 Å². The molecular formula is C18H23N3O3. The summed E-state index contributed by atoms with van der Waals surface area (Å²) < 4.78 is 5.00. The van der Waals surface area contributed by atoms with Crippen LogP contribution in [0.25, 0.3) is 0 Å². The number of aryl methyl sites for hydroxylation is 1. The fraction of sp³-hybridized carbons (Fsp3) is 0.444. The zero-order valence-electron chi connectivity index (χ0n) is 13.8. The van der Waals surface area contributed by atoms with Crippen molar-refractivity contribution in [2.75, 3.05) is 6.54 Å². The molecule has 0 spiro atoms. The van der Waals surface area contributed by atoms with Crippen molar-refractivity contribution < 1.29 is 14.4 Å². The second-order valence-electron chi connectivity index (χ2n) is 6.24. The van der Waals surface area contributed by atoms with Crippen molar-refractivity contribution in [1.29, 1.82) is 0 Å². The van der Waals surface area contributed by atoms with Gasteiger partial charge in [-0.25, -0.2) is 4.79 Å². The number of benzene rings is 1. The summed E-state index contributed by atoms with van der Waals surface area (Å²) in [6.45, 7) is 2.89. The maximum Gasteiger partial charge on any atom is 0.317 e. The van der Waals surface area contributed by atoms with Gasteiger partial charge in [0.25, 0.3) is 0 Å². The zero-order valence-corrected chi connectivity index (χ0v) is 13.8. The summed E-state index contributed by atoms with van der Waals surface area (Å²) in [7, 11) is 0. The summed E-state index contributed by atoms with van der Waals surface area (Å²) in [5.41, 5.74) is 1.60. The monoisotopic (exact) mass is 329 g/mol. The van der Waals surface area contributed by atoms with E-state index in [1.165, 1.54) is 0 Å². The molecule has 6 heteroatoms. The third kappa shape index (κ3) is 3.94. The first-order valence-corrected chi connectivity index (χ1v) is 8.33. The standard InChI is InChI=1S/C18H23N3O3/c1-13-10-15(20-24-13)12-19-18(23)21-9-5-8-16(21)11-17(22)14-6-3-2-4-7-14/h2-4,6-7,10,16-17,22H,5,8-9,11-12H2,1H3,(H,19,23)/t16-,17-/m0/s1. The lowest BCUT2D eigenvalue weighted by Crippen LogP contribution is -2.43. The molecule has 1 aliphatic heterocycles. The third-order valence-electron chi connectivity index (χ3n) is 4.42. The number of urea groups is 1. The van der Waals surface area contributed by atoms with Crippen LogP contribution in [-0.2, 0) is 6.54 Å². The molecule has 2 N–H and O–H groups in total. The van der Waals surface area contributed by atoms with Crippen LogP contribution in [0, 0.1) is 6.92 Å². The average Bonchev–Trinajstić information content (AvgIpc) is 3.22. The number of aliphatic hydroxyl groups is 1. The first-order valence-electron chi connectivity index (χ1n) is 8.33. The highest BCUT2D eigenvalue weighted by Crippen LogP contribution is 2.27. The third-order valence-corrected chi connectivity index (χ3v) is 4.42. The average molecular weight is 329 g/mol. The molecule has 3 rings (SSSR count). The topological polar surface area (TPSA) is 78.6 Å². The van der Waals surface area contributed by atoms with Gasteiger partial charge >= 0.3 is 6.03 Å². The van der Waals surface area contributed by atoms with Crippen molar-refractivity contribution in [3.63, 3.8) is 0 Å². The molecule has 2 atom stereocenters. The number of likely N-dealkylation sites (tertiary alicyclic amines) is 1. The Balaban J connectivity index is 1.55. The summed E-state index contributed by atoms with van der Waals surface area (Å²) in [6, 6.07) is 11.3. The number of rotatable bonds is 5. The number of nitrogens with one attached hydrogen (secondary N) is 1. The Morgan fingerprint density at radius 1 is 1.46 bits per heavy atom. The van der Waals surface area contributed by atoms with Crippen molar-refractivity contribution in [1.82, 2.24) is 15.4 Å². The van der Waals surface area contributed by atoms with Crippen LogP contribution in [0.2, 0.25) is 0 Å². The van der Waals surface area contributed by atoms with E-state index in [1.54, 1.807) is 6.07 Å². The highest BCUT2D eigenvalue weighted by atomic mass is 16.5. The largest absolute Gasteiger partial charge is 0.388 e. The Labute approximate surface area is 141 Å². The molecule has 0 radical (unpaired) electrons. The minimum absolute atomic E-state index is 0.0549. The van der Waals surface area contributed by atoms with Crippen LogP contribution < -0.4 is 5.32 Å². The molecule has 2 aromatic rings. The van der Waals surface area contributed by atoms with E-state index >= 15 is 0 Å². The van der Waals surface area contributed by atoms with Gasteiger partial charge in [0.15, 0.2) is 0 Å². The summed E-state index contributed by atoms with van der Waals surface area (Å²) in [5, 5.41) is 17.2. The van der Waals surface area contributed by atoms with Gasteiger partial charge in [0.05, 0.1) is 12.6 Å². The molecule has 0 bridgehead atoms. The number of carbonyl (C=O) groups is 1. The van der Waals surface area contributed by atoms with E-state index in [9.17, 15) is 9.90 Å². The lowest BCUT2D eigenvalue weighted by atomic mass is 10.0. The molecule has 0 unspecified atom stereocenters. The number of aliphatic hydroxyl groups excluding tert-OH is 1. The lowest BCUT2D eigenvalue weighted by molar-refractivity contribution is 0.126. The second kappa shape index (κ2) is 7.49. The number of hydrogen-bond acceptors (Lipinski definition) is 4. The Morgan fingerprint density at radius 3 is 2.96 bits per heavy atom. The fourth-order valence-corrected chi connectivity index (χ4v) is 3.19. The lowest BCUT2D eigenvalue weighted by Gasteiger charge is -2.26. The van der Waals surface area contributed by atoms with Crippen molar-refractivity contribution in [3.05, 3.63) is 53.4 Å². The minimum atomic E-state index is -0.553. The SMILES string of the molecule is Cc1cc(CNC(=O)N2CCC[C@H]2C[C@H](O)c2ccccc2)no1. The van der Waals surface area contributed by atoms with Crippen molar-refractivity contribution >= 4 is 6.03 Å². The quantitative estimate of drug-likeness (QED) is 0.884. The van der Waals surface area contributed by atoms with Gasteiger partial charge in [0.1, 0.15) is 11.5 Å². The summed E-state index contributed by atoms with van der Waals surface area (Å²) in [5.74, 6) is 0.726. The van der Waals surface area contributed by atoms with E-state index < -0.39 is 6.10 Å². The van der Waals surface area contributed by atoms with Crippen molar-refractivity contribution in [2.45, 2.75) is 44.9 Å². The summed E-state index contributed by atoms with van der Waals surface area (Å²) in [4.78, 5) is 14.2. The van der Waals surface area contributed by atoms with Crippen LogP contribution >= 0.6 is 0 Å². The Morgan fingerprint density at radius 2 is 2.25 bits per heavy atom. The van der Waals surface area contributed by atoms with Gasteiger partial charge in [0, 0.05) is 18.7 Å². The number of aromatic nitrogens is 1. The molecule has 1 aliphatic rings.